The summed E-state index contributed by atoms with van der Waals surface area (Å²) in [5.41, 5.74) is 0. The summed E-state index contributed by atoms with van der Waals surface area (Å²) in [6, 6.07) is 0. The van der Waals surface area contributed by atoms with E-state index in [1.54, 1.807) is 7.11 Å². The number of hydrogen-bond acceptors (Lipinski definition) is 2. The molecule has 1 aliphatic carbocycles. The number of carbonyl (C=O) groups is 1. The third kappa shape index (κ3) is 1.68. The van der Waals surface area contributed by atoms with Crippen molar-refractivity contribution < 1.29 is 19.0 Å². The molecule has 0 aromatic heterocycles. The third-order valence-electron chi connectivity index (χ3n) is 2.11. The highest BCUT2D eigenvalue weighted by atomic mass is 19.1. The lowest BCUT2D eigenvalue weighted by Gasteiger charge is -2.34. The molecule has 1 saturated carbocycles. The predicted octanol–water partition coefficient (Wildman–Crippen LogP) is 0.834. The number of halogens is 1. The summed E-state index contributed by atoms with van der Waals surface area (Å²) in [5.74, 6) is -1.69. The van der Waals surface area contributed by atoms with Crippen molar-refractivity contribution in [2.24, 2.45) is 5.92 Å². The first-order valence-corrected chi connectivity index (χ1v) is 3.54. The van der Waals surface area contributed by atoms with Crippen LogP contribution in [0, 0.1) is 5.92 Å². The monoisotopic (exact) mass is 162 g/mol. The number of carboxylic acids is 1. The van der Waals surface area contributed by atoms with Crippen LogP contribution >= 0.6 is 0 Å². The molecule has 0 spiro atoms. The first-order valence-electron chi connectivity index (χ1n) is 3.54. The topological polar surface area (TPSA) is 46.5 Å². The summed E-state index contributed by atoms with van der Waals surface area (Å²) in [4.78, 5) is 10.1. The SMILES string of the molecule is COC1CC(C(F)C(=O)O)C1. The van der Waals surface area contributed by atoms with Crippen molar-refractivity contribution in [3.63, 3.8) is 0 Å². The van der Waals surface area contributed by atoms with Gasteiger partial charge < -0.3 is 9.84 Å². The van der Waals surface area contributed by atoms with Gasteiger partial charge in [-0.2, -0.15) is 0 Å². The van der Waals surface area contributed by atoms with E-state index in [-0.39, 0.29) is 12.0 Å². The number of rotatable bonds is 3. The first-order chi connectivity index (χ1) is 5.15. The molecule has 0 radical (unpaired) electrons. The molecule has 0 saturated heterocycles. The van der Waals surface area contributed by atoms with E-state index in [2.05, 4.69) is 0 Å². The molecule has 0 aliphatic heterocycles. The molecule has 0 heterocycles. The van der Waals surface area contributed by atoms with Gasteiger partial charge in [0.25, 0.3) is 0 Å². The van der Waals surface area contributed by atoms with Gasteiger partial charge in [-0.3, -0.25) is 0 Å². The molecule has 1 aliphatic rings. The van der Waals surface area contributed by atoms with E-state index in [0.717, 1.165) is 0 Å². The molecule has 1 unspecified atom stereocenters. The van der Waals surface area contributed by atoms with E-state index in [1.165, 1.54) is 0 Å². The van der Waals surface area contributed by atoms with Crippen LogP contribution in [0.25, 0.3) is 0 Å². The van der Waals surface area contributed by atoms with Gasteiger partial charge in [0, 0.05) is 13.0 Å². The second kappa shape index (κ2) is 3.17. The smallest absolute Gasteiger partial charge is 0.338 e. The minimum Gasteiger partial charge on any atom is -0.479 e. The number of methoxy groups -OCH3 is 1. The zero-order valence-corrected chi connectivity index (χ0v) is 6.29. The van der Waals surface area contributed by atoms with Crippen molar-refractivity contribution in [3.05, 3.63) is 0 Å². The van der Waals surface area contributed by atoms with Gasteiger partial charge in [-0.1, -0.05) is 0 Å². The van der Waals surface area contributed by atoms with Crippen LogP contribution in [0.3, 0.4) is 0 Å². The third-order valence-corrected chi connectivity index (χ3v) is 2.11. The molecule has 1 fully saturated rings. The van der Waals surface area contributed by atoms with Crippen LogP contribution in [0.15, 0.2) is 0 Å². The Morgan fingerprint density at radius 1 is 1.73 bits per heavy atom. The van der Waals surface area contributed by atoms with Crippen molar-refractivity contribution in [2.45, 2.75) is 25.1 Å². The van der Waals surface area contributed by atoms with Gasteiger partial charge in [0.05, 0.1) is 6.10 Å². The second-order valence-electron chi connectivity index (χ2n) is 2.83. The zero-order valence-electron chi connectivity index (χ0n) is 6.29. The average molecular weight is 162 g/mol. The summed E-state index contributed by atoms with van der Waals surface area (Å²) in [6.45, 7) is 0. The van der Waals surface area contributed by atoms with E-state index >= 15 is 0 Å². The van der Waals surface area contributed by atoms with Gasteiger partial charge in [0.2, 0.25) is 0 Å². The highest BCUT2D eigenvalue weighted by Crippen LogP contribution is 2.33. The molecule has 0 aromatic rings. The van der Waals surface area contributed by atoms with Gasteiger partial charge in [-0.15, -0.1) is 0 Å². The van der Waals surface area contributed by atoms with Gasteiger partial charge in [0.15, 0.2) is 6.17 Å². The lowest BCUT2D eigenvalue weighted by molar-refractivity contribution is -0.149. The summed E-state index contributed by atoms with van der Waals surface area (Å²) < 4.78 is 17.5. The first kappa shape index (κ1) is 8.46. The Bertz CT molecular complexity index is 154. The molecular weight excluding hydrogens is 151 g/mol. The van der Waals surface area contributed by atoms with Crippen LogP contribution in [0.1, 0.15) is 12.8 Å². The molecule has 1 atom stereocenters. The maximum Gasteiger partial charge on any atom is 0.338 e. The maximum absolute atomic E-state index is 12.6. The number of hydrogen-bond donors (Lipinski definition) is 1. The Labute approximate surface area is 64.2 Å². The fourth-order valence-electron chi connectivity index (χ4n) is 1.24. The lowest BCUT2D eigenvalue weighted by Crippen LogP contribution is -2.39. The Kier molecular flexibility index (Phi) is 2.44. The number of carboxylic acid groups (broad SMARTS) is 1. The standard InChI is InChI=1S/C7H11FO3/c1-11-5-2-4(3-5)6(8)7(9)10/h4-6H,2-3H2,1H3,(H,9,10). The molecule has 11 heavy (non-hydrogen) atoms. The van der Waals surface area contributed by atoms with Gasteiger partial charge in [0.1, 0.15) is 0 Å². The fraction of sp³-hybridized carbons (Fsp3) is 0.857. The normalized spacial score (nSPS) is 32.5. The molecule has 4 heteroatoms. The quantitative estimate of drug-likeness (QED) is 0.668. The molecule has 64 valence electrons. The Morgan fingerprint density at radius 2 is 2.27 bits per heavy atom. The van der Waals surface area contributed by atoms with Crippen LogP contribution in [0.2, 0.25) is 0 Å². The van der Waals surface area contributed by atoms with E-state index in [9.17, 15) is 9.18 Å². The average Bonchev–Trinajstić information content (AvgIpc) is 1.85. The van der Waals surface area contributed by atoms with Crippen molar-refractivity contribution in [1.29, 1.82) is 0 Å². The highest BCUT2D eigenvalue weighted by Gasteiger charge is 2.38. The minimum atomic E-state index is -1.71. The highest BCUT2D eigenvalue weighted by molar-refractivity contribution is 5.72. The van der Waals surface area contributed by atoms with Gasteiger partial charge in [-0.25, -0.2) is 9.18 Å². The molecule has 0 amide bonds. The van der Waals surface area contributed by atoms with Crippen LogP contribution in [-0.2, 0) is 9.53 Å². The largest absolute Gasteiger partial charge is 0.479 e. The molecule has 0 bridgehead atoms. The molecule has 1 N–H and O–H groups in total. The Hall–Kier alpha value is -0.640. The van der Waals surface area contributed by atoms with Crippen molar-refractivity contribution >= 4 is 5.97 Å². The van der Waals surface area contributed by atoms with Gasteiger partial charge in [-0.05, 0) is 12.8 Å². The Balaban J connectivity index is 2.26. The van der Waals surface area contributed by atoms with Crippen LogP contribution in [-0.4, -0.2) is 30.5 Å². The van der Waals surface area contributed by atoms with E-state index in [1.807, 2.05) is 0 Å². The minimum absolute atomic E-state index is 0.0672. The maximum atomic E-state index is 12.6. The van der Waals surface area contributed by atoms with E-state index in [4.69, 9.17) is 9.84 Å². The summed E-state index contributed by atoms with van der Waals surface area (Å²) in [5, 5.41) is 8.26. The van der Waals surface area contributed by atoms with E-state index in [0.29, 0.717) is 12.8 Å². The number of alkyl halides is 1. The predicted molar refractivity (Wildman–Crippen MR) is 36.1 cm³/mol. The molecule has 1 rings (SSSR count). The van der Waals surface area contributed by atoms with Crippen molar-refractivity contribution in [1.82, 2.24) is 0 Å². The summed E-state index contributed by atoms with van der Waals surface area (Å²) >= 11 is 0. The lowest BCUT2D eigenvalue weighted by atomic mass is 9.79. The van der Waals surface area contributed by atoms with Gasteiger partial charge >= 0.3 is 5.97 Å². The van der Waals surface area contributed by atoms with E-state index < -0.39 is 12.1 Å². The summed E-state index contributed by atoms with van der Waals surface area (Å²) in [6.07, 6.45) is -0.576. The van der Waals surface area contributed by atoms with Crippen LogP contribution in [0.4, 0.5) is 4.39 Å². The summed E-state index contributed by atoms with van der Waals surface area (Å²) in [7, 11) is 1.55. The fourth-order valence-corrected chi connectivity index (χ4v) is 1.24. The Morgan fingerprint density at radius 3 is 2.64 bits per heavy atom. The van der Waals surface area contributed by atoms with Crippen LogP contribution in [0.5, 0.6) is 0 Å². The molecule has 0 aromatic carbocycles. The zero-order chi connectivity index (χ0) is 8.43. The van der Waals surface area contributed by atoms with Crippen LogP contribution < -0.4 is 0 Å². The number of ether oxygens (including phenoxy) is 1. The second-order valence-corrected chi connectivity index (χ2v) is 2.83. The van der Waals surface area contributed by atoms with Crippen molar-refractivity contribution in [2.75, 3.05) is 7.11 Å². The molecular formula is C7H11FO3. The number of aliphatic carboxylic acids is 1. The molecule has 3 nitrogen and oxygen atoms in total. The van der Waals surface area contributed by atoms with Crippen molar-refractivity contribution in [3.8, 4) is 0 Å².